The molecule has 0 amide bonds. The Bertz CT molecular complexity index is 596. The molecule has 0 aliphatic heterocycles. The van der Waals surface area contributed by atoms with Gasteiger partial charge in [-0.05, 0) is 36.5 Å². The van der Waals surface area contributed by atoms with Gasteiger partial charge in [0.25, 0.3) is 0 Å². The zero-order valence-corrected chi connectivity index (χ0v) is 14.5. The minimum Gasteiger partial charge on any atom is -0.349 e. The van der Waals surface area contributed by atoms with Gasteiger partial charge in [-0.25, -0.2) is 0 Å². The van der Waals surface area contributed by atoms with Crippen molar-refractivity contribution >= 4 is 33.8 Å². The molecule has 0 saturated heterocycles. The van der Waals surface area contributed by atoms with E-state index in [1.807, 2.05) is 0 Å². The number of rotatable bonds is 7. The lowest BCUT2D eigenvalue weighted by Gasteiger charge is -2.26. The Hall–Kier alpha value is -1.61. The largest absolute Gasteiger partial charge is 0.349 e. The van der Waals surface area contributed by atoms with Crippen molar-refractivity contribution in [3.8, 4) is 0 Å². The SMILES string of the molecule is CCCCN(CCCC)C(=S)Nc1cccc2ccccc12. The smallest absolute Gasteiger partial charge is 0.173 e. The molecule has 3 heteroatoms. The normalized spacial score (nSPS) is 10.6. The molecule has 2 aromatic rings. The van der Waals surface area contributed by atoms with Crippen LogP contribution in [0.3, 0.4) is 0 Å². The van der Waals surface area contributed by atoms with E-state index in [1.165, 1.54) is 36.5 Å². The maximum atomic E-state index is 5.66. The summed E-state index contributed by atoms with van der Waals surface area (Å²) in [6.07, 6.45) is 4.75. The van der Waals surface area contributed by atoms with Crippen LogP contribution in [0, 0.1) is 0 Å². The summed E-state index contributed by atoms with van der Waals surface area (Å²) in [5.41, 5.74) is 1.10. The molecule has 0 bridgehead atoms. The van der Waals surface area contributed by atoms with Crippen molar-refractivity contribution in [3.63, 3.8) is 0 Å². The summed E-state index contributed by atoms with van der Waals surface area (Å²) in [6, 6.07) is 14.7. The Morgan fingerprint density at radius 1 is 0.955 bits per heavy atom. The van der Waals surface area contributed by atoms with Crippen molar-refractivity contribution < 1.29 is 0 Å². The number of hydrogen-bond acceptors (Lipinski definition) is 1. The molecule has 0 spiro atoms. The van der Waals surface area contributed by atoms with E-state index >= 15 is 0 Å². The van der Waals surface area contributed by atoms with Crippen molar-refractivity contribution in [1.82, 2.24) is 4.90 Å². The first-order chi connectivity index (χ1) is 10.8. The number of unbranched alkanes of at least 4 members (excludes halogenated alkanes) is 2. The second-order valence-corrected chi connectivity index (χ2v) is 6.04. The molecular weight excluding hydrogens is 288 g/mol. The average molecular weight is 314 g/mol. The number of benzene rings is 2. The molecule has 0 saturated carbocycles. The zero-order chi connectivity index (χ0) is 15.8. The summed E-state index contributed by atoms with van der Waals surface area (Å²) in [5, 5.41) is 6.77. The molecule has 0 aromatic heterocycles. The Morgan fingerprint density at radius 2 is 1.59 bits per heavy atom. The molecule has 0 aliphatic rings. The highest BCUT2D eigenvalue weighted by Gasteiger charge is 2.10. The molecule has 0 radical (unpaired) electrons. The highest BCUT2D eigenvalue weighted by atomic mass is 32.1. The van der Waals surface area contributed by atoms with Crippen molar-refractivity contribution in [3.05, 3.63) is 42.5 Å². The standard InChI is InChI=1S/C19H26N2S/c1-3-5-14-21(15-6-4-2)19(22)20-18-13-9-11-16-10-7-8-12-17(16)18/h7-13H,3-6,14-15H2,1-2H3,(H,20,22). The van der Waals surface area contributed by atoms with E-state index in [4.69, 9.17) is 12.2 Å². The van der Waals surface area contributed by atoms with Crippen molar-refractivity contribution in [2.24, 2.45) is 0 Å². The van der Waals surface area contributed by atoms with Crippen LogP contribution in [0.15, 0.2) is 42.5 Å². The number of nitrogens with zero attached hydrogens (tertiary/aromatic N) is 1. The molecule has 0 aliphatic carbocycles. The summed E-state index contributed by atoms with van der Waals surface area (Å²) in [4.78, 5) is 2.31. The van der Waals surface area contributed by atoms with Gasteiger partial charge in [0.15, 0.2) is 5.11 Å². The highest BCUT2D eigenvalue weighted by molar-refractivity contribution is 7.80. The fourth-order valence-corrected chi connectivity index (χ4v) is 2.83. The maximum Gasteiger partial charge on any atom is 0.173 e. The lowest BCUT2D eigenvalue weighted by molar-refractivity contribution is 0.403. The van der Waals surface area contributed by atoms with Crippen LogP contribution in [0.2, 0.25) is 0 Å². The van der Waals surface area contributed by atoms with Crippen LogP contribution in [0.4, 0.5) is 5.69 Å². The van der Waals surface area contributed by atoms with Crippen LogP contribution in [0.5, 0.6) is 0 Å². The third-order valence-corrected chi connectivity index (χ3v) is 4.24. The number of fused-ring (bicyclic) bond motifs is 1. The monoisotopic (exact) mass is 314 g/mol. The second-order valence-electron chi connectivity index (χ2n) is 5.65. The fourth-order valence-electron chi connectivity index (χ4n) is 2.54. The number of nitrogens with one attached hydrogen (secondary N) is 1. The molecule has 22 heavy (non-hydrogen) atoms. The van der Waals surface area contributed by atoms with Gasteiger partial charge in [-0.2, -0.15) is 0 Å². The molecule has 1 N–H and O–H groups in total. The molecule has 0 atom stereocenters. The summed E-state index contributed by atoms with van der Waals surface area (Å²) >= 11 is 5.66. The third kappa shape index (κ3) is 4.44. The quantitative estimate of drug-likeness (QED) is 0.685. The van der Waals surface area contributed by atoms with Crippen molar-refractivity contribution in [2.75, 3.05) is 18.4 Å². The lowest BCUT2D eigenvalue weighted by Crippen LogP contribution is -2.36. The molecule has 118 valence electrons. The summed E-state index contributed by atoms with van der Waals surface area (Å²) in [5.74, 6) is 0. The summed E-state index contributed by atoms with van der Waals surface area (Å²) in [7, 11) is 0. The van der Waals surface area contributed by atoms with Crippen molar-refractivity contribution in [2.45, 2.75) is 39.5 Å². The van der Waals surface area contributed by atoms with E-state index < -0.39 is 0 Å². The Balaban J connectivity index is 2.13. The van der Waals surface area contributed by atoms with Gasteiger partial charge in [-0.15, -0.1) is 0 Å². The Labute approximate surface area is 139 Å². The van der Waals surface area contributed by atoms with Gasteiger partial charge in [0, 0.05) is 24.2 Å². The Kier molecular flexibility index (Phi) is 6.66. The number of anilines is 1. The maximum absolute atomic E-state index is 5.66. The van der Waals surface area contributed by atoms with Gasteiger partial charge >= 0.3 is 0 Å². The van der Waals surface area contributed by atoms with E-state index in [0.717, 1.165) is 23.9 Å². The highest BCUT2D eigenvalue weighted by Crippen LogP contribution is 2.23. The molecule has 0 unspecified atom stereocenters. The zero-order valence-electron chi connectivity index (χ0n) is 13.6. The van der Waals surface area contributed by atoms with Crippen LogP contribution in [0.25, 0.3) is 10.8 Å². The minimum absolute atomic E-state index is 0.846. The van der Waals surface area contributed by atoms with Crippen LogP contribution in [-0.4, -0.2) is 23.1 Å². The Morgan fingerprint density at radius 3 is 2.27 bits per heavy atom. The van der Waals surface area contributed by atoms with Crippen LogP contribution in [-0.2, 0) is 0 Å². The lowest BCUT2D eigenvalue weighted by atomic mass is 10.1. The average Bonchev–Trinajstić information content (AvgIpc) is 2.55. The predicted molar refractivity (Wildman–Crippen MR) is 102 cm³/mol. The first-order valence-corrected chi connectivity index (χ1v) is 8.70. The van der Waals surface area contributed by atoms with E-state index in [0.29, 0.717) is 0 Å². The van der Waals surface area contributed by atoms with Gasteiger partial charge in [-0.3, -0.25) is 0 Å². The summed E-state index contributed by atoms with van der Waals surface area (Å²) in [6.45, 7) is 6.51. The van der Waals surface area contributed by atoms with Gasteiger partial charge in [0.05, 0.1) is 0 Å². The minimum atomic E-state index is 0.846. The first kappa shape index (κ1) is 16.8. The van der Waals surface area contributed by atoms with Crippen molar-refractivity contribution in [1.29, 1.82) is 0 Å². The number of thiocarbonyl (C=S) groups is 1. The van der Waals surface area contributed by atoms with E-state index in [-0.39, 0.29) is 0 Å². The van der Waals surface area contributed by atoms with Crippen LogP contribution >= 0.6 is 12.2 Å². The first-order valence-electron chi connectivity index (χ1n) is 8.30. The predicted octanol–water partition coefficient (Wildman–Crippen LogP) is 5.44. The summed E-state index contributed by atoms with van der Waals surface area (Å²) < 4.78 is 0. The van der Waals surface area contributed by atoms with E-state index in [9.17, 15) is 0 Å². The molecule has 2 aromatic carbocycles. The van der Waals surface area contributed by atoms with Gasteiger partial charge < -0.3 is 10.2 Å². The number of hydrogen-bond donors (Lipinski definition) is 1. The second kappa shape index (κ2) is 8.74. The van der Waals surface area contributed by atoms with Gasteiger partial charge in [0.2, 0.25) is 0 Å². The van der Waals surface area contributed by atoms with E-state index in [1.54, 1.807) is 0 Å². The van der Waals surface area contributed by atoms with E-state index in [2.05, 4.69) is 66.5 Å². The van der Waals surface area contributed by atoms with Crippen LogP contribution < -0.4 is 5.32 Å². The topological polar surface area (TPSA) is 15.3 Å². The van der Waals surface area contributed by atoms with Gasteiger partial charge in [0.1, 0.15) is 0 Å². The third-order valence-electron chi connectivity index (χ3n) is 3.88. The fraction of sp³-hybridized carbons (Fsp3) is 0.421. The molecule has 2 nitrogen and oxygen atoms in total. The molecule has 0 heterocycles. The molecule has 2 rings (SSSR count). The molecule has 0 fully saturated rings. The molecular formula is C19H26N2S. The van der Waals surface area contributed by atoms with Crippen LogP contribution in [0.1, 0.15) is 39.5 Å². The van der Waals surface area contributed by atoms with Gasteiger partial charge in [-0.1, -0.05) is 63.1 Å².